The van der Waals surface area contributed by atoms with Crippen LogP contribution in [0, 0.1) is 0 Å². The third kappa shape index (κ3) is 4.35. The van der Waals surface area contributed by atoms with Gasteiger partial charge in [0.25, 0.3) is 0 Å². The van der Waals surface area contributed by atoms with Gasteiger partial charge in [-0.05, 0) is 36.1 Å². The molecule has 3 aromatic rings. The second-order valence-electron chi connectivity index (χ2n) is 7.16. The first-order valence-electron chi connectivity index (χ1n) is 9.85. The SMILES string of the molecule is CCC(c1ccc(O)cc1)c1c(O)cc([C@@H](CC)[C@@H](O)c2ccccc2)oc1=O. The van der Waals surface area contributed by atoms with E-state index in [4.69, 9.17) is 4.42 Å². The van der Waals surface area contributed by atoms with E-state index in [9.17, 15) is 20.1 Å². The van der Waals surface area contributed by atoms with Crippen molar-refractivity contribution in [3.63, 3.8) is 0 Å². The fourth-order valence-corrected chi connectivity index (χ4v) is 3.79. The van der Waals surface area contributed by atoms with E-state index in [1.165, 1.54) is 6.07 Å². The third-order valence-electron chi connectivity index (χ3n) is 5.37. The Morgan fingerprint density at radius 1 is 0.897 bits per heavy atom. The van der Waals surface area contributed by atoms with Gasteiger partial charge in [-0.15, -0.1) is 0 Å². The number of benzene rings is 2. The van der Waals surface area contributed by atoms with Crippen LogP contribution in [-0.2, 0) is 0 Å². The molecule has 0 aliphatic carbocycles. The highest BCUT2D eigenvalue weighted by molar-refractivity contribution is 5.41. The number of hydrogen-bond acceptors (Lipinski definition) is 5. The van der Waals surface area contributed by atoms with Crippen LogP contribution in [0.4, 0.5) is 0 Å². The van der Waals surface area contributed by atoms with Crippen LogP contribution in [-0.4, -0.2) is 15.3 Å². The average molecular weight is 394 g/mol. The Labute approximate surface area is 169 Å². The maximum Gasteiger partial charge on any atom is 0.343 e. The number of phenolic OH excluding ortho intramolecular Hbond substituents is 1. The summed E-state index contributed by atoms with van der Waals surface area (Å²) >= 11 is 0. The molecule has 0 saturated heterocycles. The Hall–Kier alpha value is -3.05. The smallest absolute Gasteiger partial charge is 0.343 e. The van der Waals surface area contributed by atoms with Gasteiger partial charge < -0.3 is 19.7 Å². The highest BCUT2D eigenvalue weighted by Gasteiger charge is 2.28. The van der Waals surface area contributed by atoms with Crippen molar-refractivity contribution in [1.29, 1.82) is 0 Å². The molecule has 29 heavy (non-hydrogen) atoms. The van der Waals surface area contributed by atoms with E-state index in [-0.39, 0.29) is 28.7 Å². The van der Waals surface area contributed by atoms with Crippen LogP contribution in [0.5, 0.6) is 11.5 Å². The standard InChI is InChI=1S/C24H26O5/c1-3-18(15-10-12-17(25)13-11-15)22-20(26)14-21(29-24(22)28)19(4-2)23(27)16-8-6-5-7-9-16/h5-14,18-19,23,25-27H,3-4H2,1-2H3/t18?,19-,23+/m1/s1. The number of aliphatic hydroxyl groups is 1. The Morgan fingerprint density at radius 2 is 1.55 bits per heavy atom. The monoisotopic (exact) mass is 394 g/mol. The molecule has 152 valence electrons. The molecule has 0 aliphatic heterocycles. The van der Waals surface area contributed by atoms with Gasteiger partial charge in [0, 0.05) is 17.9 Å². The lowest BCUT2D eigenvalue weighted by Gasteiger charge is -2.22. The lowest BCUT2D eigenvalue weighted by atomic mass is 9.87. The molecular weight excluding hydrogens is 368 g/mol. The highest BCUT2D eigenvalue weighted by Crippen LogP contribution is 2.37. The van der Waals surface area contributed by atoms with E-state index in [0.717, 1.165) is 11.1 Å². The summed E-state index contributed by atoms with van der Waals surface area (Å²) in [5.41, 5.74) is 1.10. The maximum atomic E-state index is 12.8. The summed E-state index contributed by atoms with van der Waals surface area (Å²) in [7, 11) is 0. The Balaban J connectivity index is 2.00. The largest absolute Gasteiger partial charge is 0.508 e. The fourth-order valence-electron chi connectivity index (χ4n) is 3.79. The number of hydrogen-bond donors (Lipinski definition) is 3. The van der Waals surface area contributed by atoms with E-state index in [0.29, 0.717) is 12.8 Å². The summed E-state index contributed by atoms with van der Waals surface area (Å²) in [6, 6.07) is 17.2. The van der Waals surface area contributed by atoms with Crippen LogP contribution in [0.2, 0.25) is 0 Å². The van der Waals surface area contributed by atoms with Gasteiger partial charge in [-0.25, -0.2) is 4.79 Å². The molecule has 0 amide bonds. The molecule has 0 saturated carbocycles. The second-order valence-corrected chi connectivity index (χ2v) is 7.16. The summed E-state index contributed by atoms with van der Waals surface area (Å²) in [5, 5.41) is 31.0. The molecule has 1 heterocycles. The van der Waals surface area contributed by atoms with Gasteiger partial charge in [-0.1, -0.05) is 56.3 Å². The Morgan fingerprint density at radius 3 is 2.10 bits per heavy atom. The molecule has 5 nitrogen and oxygen atoms in total. The van der Waals surface area contributed by atoms with Crippen LogP contribution in [0.1, 0.15) is 67.1 Å². The van der Waals surface area contributed by atoms with Crippen molar-refractivity contribution in [3.05, 3.63) is 93.5 Å². The lowest BCUT2D eigenvalue weighted by molar-refractivity contribution is 0.129. The predicted molar refractivity (Wildman–Crippen MR) is 111 cm³/mol. The normalized spacial score (nSPS) is 14.3. The minimum absolute atomic E-state index is 0.135. The average Bonchev–Trinajstić information content (AvgIpc) is 2.72. The van der Waals surface area contributed by atoms with Crippen molar-refractivity contribution >= 4 is 0 Å². The van der Waals surface area contributed by atoms with Crippen molar-refractivity contribution in [2.24, 2.45) is 0 Å². The molecule has 0 radical (unpaired) electrons. The molecule has 0 bridgehead atoms. The van der Waals surface area contributed by atoms with E-state index in [1.807, 2.05) is 44.2 Å². The van der Waals surface area contributed by atoms with E-state index >= 15 is 0 Å². The fraction of sp³-hybridized carbons (Fsp3) is 0.292. The number of phenols is 1. The van der Waals surface area contributed by atoms with E-state index < -0.39 is 17.6 Å². The van der Waals surface area contributed by atoms with Gasteiger partial charge in [-0.2, -0.15) is 0 Å². The summed E-state index contributed by atoms with van der Waals surface area (Å²) < 4.78 is 5.59. The van der Waals surface area contributed by atoms with Gasteiger partial charge in [-0.3, -0.25) is 0 Å². The topological polar surface area (TPSA) is 90.9 Å². The Kier molecular flexibility index (Phi) is 6.39. The van der Waals surface area contributed by atoms with Crippen molar-refractivity contribution < 1.29 is 19.7 Å². The molecule has 0 aliphatic rings. The van der Waals surface area contributed by atoms with E-state index in [1.54, 1.807) is 24.3 Å². The number of rotatable bonds is 7. The summed E-state index contributed by atoms with van der Waals surface area (Å²) in [6.07, 6.45) is 0.257. The van der Waals surface area contributed by atoms with E-state index in [2.05, 4.69) is 0 Å². The lowest BCUT2D eigenvalue weighted by Crippen LogP contribution is -2.17. The zero-order chi connectivity index (χ0) is 21.0. The molecule has 3 atom stereocenters. The molecular formula is C24H26O5. The van der Waals surface area contributed by atoms with Crippen molar-refractivity contribution in [1.82, 2.24) is 0 Å². The maximum absolute atomic E-state index is 12.8. The van der Waals surface area contributed by atoms with Gasteiger partial charge in [0.05, 0.1) is 11.7 Å². The molecule has 2 aromatic carbocycles. The van der Waals surface area contributed by atoms with Crippen LogP contribution < -0.4 is 5.63 Å². The van der Waals surface area contributed by atoms with Crippen molar-refractivity contribution in [3.8, 4) is 11.5 Å². The van der Waals surface area contributed by atoms with Crippen molar-refractivity contribution in [2.75, 3.05) is 0 Å². The Bertz CT molecular complexity index is 992. The third-order valence-corrected chi connectivity index (χ3v) is 5.37. The predicted octanol–water partition coefficient (Wildman–Crippen LogP) is 4.82. The molecule has 0 spiro atoms. The molecule has 0 fully saturated rings. The second kappa shape index (κ2) is 8.97. The minimum Gasteiger partial charge on any atom is -0.508 e. The molecule has 3 rings (SSSR count). The van der Waals surface area contributed by atoms with Crippen LogP contribution >= 0.6 is 0 Å². The van der Waals surface area contributed by atoms with Gasteiger partial charge in [0.15, 0.2) is 0 Å². The minimum atomic E-state index is -0.853. The van der Waals surface area contributed by atoms with Crippen LogP contribution in [0.15, 0.2) is 69.9 Å². The van der Waals surface area contributed by atoms with Crippen LogP contribution in [0.3, 0.4) is 0 Å². The summed E-state index contributed by atoms with van der Waals surface area (Å²) in [6.45, 7) is 3.81. The van der Waals surface area contributed by atoms with Crippen LogP contribution in [0.25, 0.3) is 0 Å². The molecule has 3 N–H and O–H groups in total. The first-order chi connectivity index (χ1) is 14.0. The zero-order valence-corrected chi connectivity index (χ0v) is 16.6. The molecule has 5 heteroatoms. The quantitative estimate of drug-likeness (QED) is 0.534. The first kappa shape index (κ1) is 20.7. The number of aliphatic hydroxyl groups excluding tert-OH is 1. The first-order valence-corrected chi connectivity index (χ1v) is 9.85. The van der Waals surface area contributed by atoms with Crippen molar-refractivity contribution in [2.45, 2.75) is 44.6 Å². The highest BCUT2D eigenvalue weighted by atomic mass is 16.4. The molecule has 1 unspecified atom stereocenters. The van der Waals surface area contributed by atoms with Gasteiger partial charge >= 0.3 is 5.63 Å². The summed E-state index contributed by atoms with van der Waals surface area (Å²) in [5.74, 6) is -0.569. The summed E-state index contributed by atoms with van der Waals surface area (Å²) in [4.78, 5) is 12.8. The van der Waals surface area contributed by atoms with Gasteiger partial charge in [0.2, 0.25) is 0 Å². The zero-order valence-electron chi connectivity index (χ0n) is 16.6. The number of aromatic hydroxyl groups is 2. The van der Waals surface area contributed by atoms with Gasteiger partial charge in [0.1, 0.15) is 17.3 Å². The molecule has 1 aromatic heterocycles.